The zero-order valence-electron chi connectivity index (χ0n) is 26.0. The highest BCUT2D eigenvalue weighted by Gasteiger charge is 2.24. The summed E-state index contributed by atoms with van der Waals surface area (Å²) in [7, 11) is 0. The molecule has 0 amide bonds. The molecule has 0 spiro atoms. The van der Waals surface area contributed by atoms with Crippen LogP contribution in [0.25, 0.3) is 0 Å². The molecule has 11 heteroatoms. The van der Waals surface area contributed by atoms with Gasteiger partial charge in [0, 0.05) is 0 Å². The van der Waals surface area contributed by atoms with Crippen molar-refractivity contribution in [3.05, 3.63) is 23.8 Å². The molecule has 2 unspecified atom stereocenters. The van der Waals surface area contributed by atoms with Crippen LogP contribution in [0.2, 0.25) is 0 Å². The van der Waals surface area contributed by atoms with Crippen molar-refractivity contribution in [1.82, 2.24) is 0 Å². The zero-order valence-corrected chi connectivity index (χ0v) is 26.0. The predicted molar refractivity (Wildman–Crippen MR) is 152 cm³/mol. The van der Waals surface area contributed by atoms with Gasteiger partial charge in [-0.1, -0.05) is 54.5 Å². The summed E-state index contributed by atoms with van der Waals surface area (Å²) in [5, 5.41) is 0. The largest absolute Gasteiger partial charge is 0.514 e. The van der Waals surface area contributed by atoms with E-state index in [1.54, 1.807) is 26.8 Å². The molecular weight excluding hydrogens is 534 g/mol. The lowest BCUT2D eigenvalue weighted by Crippen LogP contribution is -2.36. The third-order valence-corrected chi connectivity index (χ3v) is 6.06. The number of hydrogen-bond donors (Lipinski definition) is 1. The highest BCUT2D eigenvalue weighted by atomic mass is 16.8. The molecule has 1 aromatic rings. The van der Waals surface area contributed by atoms with Gasteiger partial charge < -0.3 is 34.2 Å². The highest BCUT2D eigenvalue weighted by molar-refractivity contribution is 5.76. The average molecular weight is 582 g/mol. The fourth-order valence-corrected chi connectivity index (χ4v) is 3.02. The van der Waals surface area contributed by atoms with E-state index in [0.717, 1.165) is 0 Å². The lowest BCUT2D eigenvalue weighted by molar-refractivity contribution is -0.160. The summed E-state index contributed by atoms with van der Waals surface area (Å²) < 4.78 is 31.7. The predicted octanol–water partition coefficient (Wildman–Crippen LogP) is 5.59. The van der Waals surface area contributed by atoms with Crippen LogP contribution in [0.5, 0.6) is 11.5 Å². The van der Waals surface area contributed by atoms with Crippen molar-refractivity contribution in [1.29, 1.82) is 0 Å². The first-order valence-electron chi connectivity index (χ1n) is 13.9. The second-order valence-corrected chi connectivity index (χ2v) is 12.1. The molecule has 11 nitrogen and oxygen atoms in total. The number of carbonyl (C=O) groups is 4. The molecule has 2 N–H and O–H groups in total. The monoisotopic (exact) mass is 581 g/mol. The zero-order chi connectivity index (χ0) is 31.5. The summed E-state index contributed by atoms with van der Waals surface area (Å²) in [6.45, 7) is 18.2. The Morgan fingerprint density at radius 3 is 1.78 bits per heavy atom. The second-order valence-electron chi connectivity index (χ2n) is 12.1. The number of nitrogens with two attached hydrogens (primary N) is 1. The molecule has 0 aliphatic heterocycles. The van der Waals surface area contributed by atoms with E-state index in [4.69, 9.17) is 34.2 Å². The minimum atomic E-state index is -1.07. The van der Waals surface area contributed by atoms with Crippen LogP contribution >= 0.6 is 0 Å². The van der Waals surface area contributed by atoms with Crippen LogP contribution in [0, 0.1) is 17.3 Å². The summed E-state index contributed by atoms with van der Waals surface area (Å²) in [5.74, 6) is -1.17. The Hall–Kier alpha value is -3.34. The Labute approximate surface area is 243 Å². The molecule has 0 aliphatic carbocycles. The van der Waals surface area contributed by atoms with E-state index in [9.17, 15) is 19.2 Å². The Morgan fingerprint density at radius 2 is 1.29 bits per heavy atom. The normalized spacial score (nSPS) is 14.5. The Bertz CT molecular complexity index is 1030. The van der Waals surface area contributed by atoms with Gasteiger partial charge in [-0.3, -0.25) is 9.59 Å². The van der Waals surface area contributed by atoms with E-state index in [1.165, 1.54) is 12.1 Å². The van der Waals surface area contributed by atoms with Crippen LogP contribution < -0.4 is 15.2 Å². The lowest BCUT2D eigenvalue weighted by Gasteiger charge is -2.20. The summed E-state index contributed by atoms with van der Waals surface area (Å²) in [6, 6.07) is 3.31. The summed E-state index contributed by atoms with van der Waals surface area (Å²) >= 11 is 0. The van der Waals surface area contributed by atoms with Crippen molar-refractivity contribution >= 4 is 24.2 Å². The first-order valence-corrected chi connectivity index (χ1v) is 13.9. The van der Waals surface area contributed by atoms with E-state index >= 15 is 0 Å². The smallest absolute Gasteiger partial charge is 0.461 e. The van der Waals surface area contributed by atoms with Gasteiger partial charge in [-0.25, -0.2) is 9.59 Å². The maximum absolute atomic E-state index is 12.5. The molecule has 0 bridgehead atoms. The molecule has 232 valence electrons. The SMILES string of the molecule is CC(C)C(C)OC(=O)Oc1ccc(C[C@H](N)C(=O)OC[C@H](C)OC(=O)CC(C)(C)C)cc1OC(=O)OC(C)C(C)C. The molecule has 41 heavy (non-hydrogen) atoms. The third-order valence-electron chi connectivity index (χ3n) is 6.06. The van der Waals surface area contributed by atoms with Crippen LogP contribution in [0.1, 0.15) is 81.2 Å². The standard InChI is InChI=1S/C30H47NO10/c1-17(2)20(6)38-28(34)40-24-12-11-22(14-25(24)41-29(35)39-21(7)18(3)4)13-23(31)27(33)36-16-19(5)37-26(32)15-30(8,9)10/h11-12,14,17-21,23H,13,15-16,31H2,1-10H3/t19-,20?,21?,23-/m0/s1. The van der Waals surface area contributed by atoms with E-state index in [2.05, 4.69) is 0 Å². The molecular formula is C30H47NO10. The maximum Gasteiger partial charge on any atom is 0.514 e. The number of rotatable bonds is 13. The topological polar surface area (TPSA) is 150 Å². The van der Waals surface area contributed by atoms with Gasteiger partial charge in [-0.2, -0.15) is 0 Å². The minimum Gasteiger partial charge on any atom is -0.461 e. The van der Waals surface area contributed by atoms with Gasteiger partial charge in [0.05, 0.1) is 6.42 Å². The lowest BCUT2D eigenvalue weighted by atomic mass is 9.92. The Morgan fingerprint density at radius 1 is 0.780 bits per heavy atom. The number of benzene rings is 1. The van der Waals surface area contributed by atoms with Gasteiger partial charge in [-0.05, 0) is 62.1 Å². The third kappa shape index (κ3) is 14.2. The van der Waals surface area contributed by atoms with Crippen molar-refractivity contribution in [2.45, 2.75) is 106 Å². The fourth-order valence-electron chi connectivity index (χ4n) is 3.02. The van der Waals surface area contributed by atoms with Gasteiger partial charge >= 0.3 is 24.2 Å². The number of esters is 2. The van der Waals surface area contributed by atoms with Crippen molar-refractivity contribution in [2.75, 3.05) is 6.61 Å². The van der Waals surface area contributed by atoms with Crippen LogP contribution in [0.4, 0.5) is 9.59 Å². The van der Waals surface area contributed by atoms with Crippen molar-refractivity contribution < 1.29 is 47.6 Å². The number of carbonyl (C=O) groups excluding carboxylic acids is 4. The minimum absolute atomic E-state index is 0.0138. The molecule has 0 aliphatic rings. The summed E-state index contributed by atoms with van der Waals surface area (Å²) in [5.41, 5.74) is 6.32. The highest BCUT2D eigenvalue weighted by Crippen LogP contribution is 2.30. The maximum atomic E-state index is 12.5. The van der Waals surface area contributed by atoms with Crippen LogP contribution in [-0.2, 0) is 35.0 Å². The summed E-state index contributed by atoms with van der Waals surface area (Å²) in [6.07, 6.45) is -3.19. The van der Waals surface area contributed by atoms with Crippen molar-refractivity contribution in [3.8, 4) is 11.5 Å². The van der Waals surface area contributed by atoms with E-state index < -0.39 is 42.6 Å². The second kappa shape index (κ2) is 16.2. The van der Waals surface area contributed by atoms with Gasteiger partial charge in [-0.15, -0.1) is 0 Å². The van der Waals surface area contributed by atoms with Crippen molar-refractivity contribution in [2.24, 2.45) is 23.0 Å². The summed E-state index contributed by atoms with van der Waals surface area (Å²) in [4.78, 5) is 49.2. The van der Waals surface area contributed by atoms with Gasteiger partial charge in [0.25, 0.3) is 0 Å². The molecule has 0 fully saturated rings. The molecule has 1 aromatic carbocycles. The molecule has 0 heterocycles. The molecule has 1 rings (SSSR count). The van der Waals surface area contributed by atoms with Gasteiger partial charge in [0.1, 0.15) is 31.0 Å². The Kier molecular flexibility index (Phi) is 14.1. The number of hydrogen-bond acceptors (Lipinski definition) is 11. The van der Waals surface area contributed by atoms with Crippen LogP contribution in [-0.4, -0.2) is 55.2 Å². The number of ether oxygens (including phenoxy) is 6. The van der Waals surface area contributed by atoms with Crippen LogP contribution in [0.15, 0.2) is 18.2 Å². The average Bonchev–Trinajstić information content (AvgIpc) is 2.82. The van der Waals surface area contributed by atoms with E-state index in [1.807, 2.05) is 48.5 Å². The first kappa shape index (κ1) is 35.7. The fraction of sp³-hybridized carbons (Fsp3) is 0.667. The molecule has 4 atom stereocenters. The molecule has 0 saturated carbocycles. The molecule has 0 aromatic heterocycles. The van der Waals surface area contributed by atoms with Gasteiger partial charge in [0.15, 0.2) is 11.5 Å². The molecule has 0 radical (unpaired) electrons. The quantitative estimate of drug-likeness (QED) is 0.176. The first-order chi connectivity index (χ1) is 18.9. The molecule has 0 saturated heterocycles. The van der Waals surface area contributed by atoms with Gasteiger partial charge in [0.2, 0.25) is 0 Å². The van der Waals surface area contributed by atoms with E-state index in [-0.39, 0.29) is 54.2 Å². The van der Waals surface area contributed by atoms with E-state index in [0.29, 0.717) is 5.56 Å². The Balaban J connectivity index is 2.93. The van der Waals surface area contributed by atoms with Crippen molar-refractivity contribution in [3.63, 3.8) is 0 Å². The van der Waals surface area contributed by atoms with Crippen LogP contribution in [0.3, 0.4) is 0 Å².